The molecular weight excluding hydrogens is 164 g/mol. The van der Waals surface area contributed by atoms with Crippen molar-refractivity contribution in [1.82, 2.24) is 0 Å². The van der Waals surface area contributed by atoms with Crippen molar-refractivity contribution in [1.29, 1.82) is 0 Å². The lowest BCUT2D eigenvalue weighted by Gasteiger charge is -1.88. The molecule has 58 valence electrons. The number of thiophene rings is 1. The van der Waals surface area contributed by atoms with Crippen molar-refractivity contribution in [2.45, 2.75) is 19.3 Å². The fourth-order valence-corrected chi connectivity index (χ4v) is 3.17. The van der Waals surface area contributed by atoms with E-state index in [0.717, 1.165) is 0 Å². The van der Waals surface area contributed by atoms with Crippen molar-refractivity contribution < 1.29 is 0 Å². The summed E-state index contributed by atoms with van der Waals surface area (Å²) in [5, 5.41) is 1.42. The van der Waals surface area contributed by atoms with Gasteiger partial charge in [-0.05, 0) is 37.0 Å². The molecule has 1 heteroatoms. The van der Waals surface area contributed by atoms with Gasteiger partial charge in [0.15, 0.2) is 0 Å². The van der Waals surface area contributed by atoms with Gasteiger partial charge >= 0.3 is 0 Å². The molecule has 0 aliphatic heterocycles. The molecule has 1 aliphatic rings. The highest BCUT2D eigenvalue weighted by molar-refractivity contribution is 7.19. The molecule has 1 aromatic carbocycles. The molecule has 1 aliphatic carbocycles. The molecule has 12 heavy (non-hydrogen) atoms. The third-order valence-electron chi connectivity index (χ3n) is 2.48. The van der Waals surface area contributed by atoms with E-state index >= 15 is 0 Å². The average Bonchev–Trinajstić information content (AvgIpc) is 2.62. The van der Waals surface area contributed by atoms with E-state index in [2.05, 4.69) is 18.2 Å². The van der Waals surface area contributed by atoms with Gasteiger partial charge in [-0.25, -0.2) is 0 Å². The molecule has 0 N–H and O–H groups in total. The van der Waals surface area contributed by atoms with Crippen molar-refractivity contribution in [3.05, 3.63) is 34.7 Å². The van der Waals surface area contributed by atoms with Crippen molar-refractivity contribution in [3.63, 3.8) is 0 Å². The van der Waals surface area contributed by atoms with Crippen LogP contribution in [-0.4, -0.2) is 0 Å². The van der Waals surface area contributed by atoms with Crippen molar-refractivity contribution >= 4 is 21.4 Å². The third-order valence-corrected chi connectivity index (χ3v) is 3.70. The Balaban J connectivity index is 2.44. The number of rotatable bonds is 0. The molecular formula is C11H8S. The molecule has 0 saturated heterocycles. The van der Waals surface area contributed by atoms with E-state index in [1.54, 1.807) is 10.4 Å². The second-order valence-corrected chi connectivity index (χ2v) is 4.31. The van der Waals surface area contributed by atoms with Gasteiger partial charge in [0.05, 0.1) is 4.70 Å². The van der Waals surface area contributed by atoms with Gasteiger partial charge in [-0.1, -0.05) is 12.1 Å². The minimum absolute atomic E-state index is 1.27. The van der Waals surface area contributed by atoms with Gasteiger partial charge in [-0.3, -0.25) is 0 Å². The van der Waals surface area contributed by atoms with Crippen LogP contribution in [0.2, 0.25) is 0 Å². The van der Waals surface area contributed by atoms with Gasteiger partial charge in [-0.15, -0.1) is 11.3 Å². The molecule has 2 aromatic rings. The van der Waals surface area contributed by atoms with Crippen LogP contribution in [0.3, 0.4) is 0 Å². The highest BCUT2D eigenvalue weighted by Crippen LogP contribution is 2.35. The fraction of sp³-hybridized carbons (Fsp3) is 0.273. The van der Waals surface area contributed by atoms with E-state index in [0.29, 0.717) is 0 Å². The topological polar surface area (TPSA) is 0 Å². The Labute approximate surface area is 75.8 Å². The number of aryl methyl sites for hydroxylation is 2. The lowest BCUT2D eigenvalue weighted by molar-refractivity contribution is 0.917. The first-order valence-corrected chi connectivity index (χ1v) is 5.09. The van der Waals surface area contributed by atoms with Crippen LogP contribution in [0.5, 0.6) is 0 Å². The van der Waals surface area contributed by atoms with Crippen molar-refractivity contribution in [3.8, 4) is 0 Å². The SMILES string of the molecule is c1ccc2c3c(sc2c#1)CCC3. The summed E-state index contributed by atoms with van der Waals surface area (Å²) in [7, 11) is 0. The summed E-state index contributed by atoms with van der Waals surface area (Å²) >= 11 is 1.90. The van der Waals surface area contributed by atoms with Crippen LogP contribution in [-0.2, 0) is 12.8 Å². The maximum absolute atomic E-state index is 3.17. The summed E-state index contributed by atoms with van der Waals surface area (Å²) in [6.07, 6.45) is 3.89. The molecule has 0 spiro atoms. The maximum atomic E-state index is 3.17. The first-order valence-electron chi connectivity index (χ1n) is 4.28. The maximum Gasteiger partial charge on any atom is 0.0850 e. The second-order valence-electron chi connectivity index (χ2n) is 3.20. The fourth-order valence-electron chi connectivity index (χ4n) is 1.93. The molecule has 0 bridgehead atoms. The van der Waals surface area contributed by atoms with Crippen LogP contribution < -0.4 is 0 Å². The summed E-state index contributed by atoms with van der Waals surface area (Å²) in [5.41, 5.74) is 1.58. The van der Waals surface area contributed by atoms with E-state index in [9.17, 15) is 0 Å². The van der Waals surface area contributed by atoms with Gasteiger partial charge in [-0.2, -0.15) is 0 Å². The minimum atomic E-state index is 1.27. The first kappa shape index (κ1) is 6.51. The summed E-state index contributed by atoms with van der Waals surface area (Å²) in [5.74, 6) is 0. The molecule has 0 saturated carbocycles. The van der Waals surface area contributed by atoms with Crippen LogP contribution >= 0.6 is 11.3 Å². The Hall–Kier alpha value is -1.00. The molecule has 3 rings (SSSR count). The summed E-state index contributed by atoms with van der Waals surface area (Å²) in [6, 6.07) is 10.3. The van der Waals surface area contributed by atoms with Crippen LogP contribution in [0.25, 0.3) is 10.1 Å². The quantitative estimate of drug-likeness (QED) is 0.573. The molecule has 0 radical (unpaired) electrons. The van der Waals surface area contributed by atoms with Crippen molar-refractivity contribution in [2.24, 2.45) is 0 Å². The zero-order chi connectivity index (χ0) is 7.97. The first-order chi connectivity index (χ1) is 5.95. The molecule has 0 amide bonds. The second kappa shape index (κ2) is 2.24. The predicted molar refractivity (Wildman–Crippen MR) is 51.5 cm³/mol. The van der Waals surface area contributed by atoms with Gasteiger partial charge in [0.25, 0.3) is 0 Å². The van der Waals surface area contributed by atoms with Gasteiger partial charge < -0.3 is 0 Å². The molecule has 1 heterocycles. The largest absolute Gasteiger partial charge is 0.131 e. The molecule has 0 fully saturated rings. The van der Waals surface area contributed by atoms with Crippen LogP contribution in [0.1, 0.15) is 16.9 Å². The van der Waals surface area contributed by atoms with Crippen molar-refractivity contribution in [2.75, 3.05) is 0 Å². The summed E-state index contributed by atoms with van der Waals surface area (Å²) < 4.78 is 1.29. The lowest BCUT2D eigenvalue weighted by Crippen LogP contribution is -1.72. The van der Waals surface area contributed by atoms with Gasteiger partial charge in [0.2, 0.25) is 0 Å². The zero-order valence-electron chi connectivity index (χ0n) is 6.68. The Morgan fingerprint density at radius 2 is 2.33 bits per heavy atom. The Bertz CT molecular complexity index is 425. The monoisotopic (exact) mass is 172 g/mol. The van der Waals surface area contributed by atoms with Crippen LogP contribution in [0, 0.1) is 12.1 Å². The lowest BCUT2D eigenvalue weighted by atomic mass is 10.1. The predicted octanol–water partition coefficient (Wildman–Crippen LogP) is 2.99. The van der Waals surface area contributed by atoms with E-state index in [-0.39, 0.29) is 0 Å². The summed E-state index contributed by atoms with van der Waals surface area (Å²) in [6.45, 7) is 0. The Morgan fingerprint density at radius 3 is 3.33 bits per heavy atom. The molecule has 1 aromatic heterocycles. The van der Waals surface area contributed by atoms with E-state index in [4.69, 9.17) is 0 Å². The Kier molecular flexibility index (Phi) is 1.22. The number of hydrogen-bond acceptors (Lipinski definition) is 1. The van der Waals surface area contributed by atoms with Crippen LogP contribution in [0.15, 0.2) is 12.1 Å². The average molecular weight is 172 g/mol. The molecule has 0 nitrogen and oxygen atoms in total. The standard InChI is InChI=1S/C11H8S/c1-2-6-10-8(4-1)9-5-3-7-11(9)12-10/h1,4H,3,5,7H2. The van der Waals surface area contributed by atoms with E-state index in [1.165, 1.54) is 29.3 Å². The molecule has 0 unspecified atom stereocenters. The highest BCUT2D eigenvalue weighted by atomic mass is 32.1. The highest BCUT2D eigenvalue weighted by Gasteiger charge is 2.16. The third kappa shape index (κ3) is 0.735. The number of fused-ring (bicyclic) bond motifs is 3. The van der Waals surface area contributed by atoms with Gasteiger partial charge in [0, 0.05) is 10.3 Å². The summed E-state index contributed by atoms with van der Waals surface area (Å²) in [4.78, 5) is 1.58. The van der Waals surface area contributed by atoms with E-state index < -0.39 is 0 Å². The minimum Gasteiger partial charge on any atom is -0.131 e. The van der Waals surface area contributed by atoms with Crippen LogP contribution in [0.4, 0.5) is 0 Å². The number of hydrogen-bond donors (Lipinski definition) is 0. The Morgan fingerprint density at radius 1 is 1.33 bits per heavy atom. The zero-order valence-corrected chi connectivity index (χ0v) is 7.50. The van der Waals surface area contributed by atoms with Gasteiger partial charge in [0.1, 0.15) is 0 Å². The normalized spacial score (nSPS) is 14.7. The smallest absolute Gasteiger partial charge is 0.0850 e. The van der Waals surface area contributed by atoms with E-state index in [1.807, 2.05) is 17.4 Å². The molecule has 0 atom stereocenters.